The molecule has 0 radical (unpaired) electrons. The van der Waals surface area contributed by atoms with E-state index in [1.54, 1.807) is 0 Å². The fourth-order valence-electron chi connectivity index (χ4n) is 3.36. The third kappa shape index (κ3) is 3.56. The van der Waals surface area contributed by atoms with Gasteiger partial charge in [-0.1, -0.05) is 31.3 Å². The molecule has 0 bridgehead atoms. The molecule has 0 aromatic rings. The molecule has 1 rings (SSSR count). The Kier molecular flexibility index (Phi) is 5.68. The van der Waals surface area contributed by atoms with Crippen molar-refractivity contribution in [1.29, 1.82) is 0 Å². The lowest BCUT2D eigenvalue weighted by atomic mass is 9.79. The zero-order valence-corrected chi connectivity index (χ0v) is 12.2. The Bertz CT molecular complexity index is 237. The van der Waals surface area contributed by atoms with Gasteiger partial charge in [0, 0.05) is 11.6 Å². The van der Waals surface area contributed by atoms with E-state index in [1.807, 2.05) is 0 Å². The number of nitrogens with one attached hydrogen (secondary N) is 1. The monoisotopic (exact) mass is 238 g/mol. The predicted octanol–water partition coefficient (Wildman–Crippen LogP) is 3.20. The van der Waals surface area contributed by atoms with Crippen LogP contribution in [0.25, 0.3) is 0 Å². The van der Waals surface area contributed by atoms with Gasteiger partial charge in [0.2, 0.25) is 0 Å². The molecule has 1 fully saturated rings. The smallest absolute Gasteiger partial charge is 0.0359 e. The molecule has 0 spiro atoms. The molecule has 0 amide bonds. The molecule has 2 nitrogen and oxygen atoms in total. The van der Waals surface area contributed by atoms with Crippen LogP contribution in [0.15, 0.2) is 12.2 Å². The van der Waals surface area contributed by atoms with Gasteiger partial charge in [-0.05, 0) is 47.3 Å². The molecule has 0 aromatic carbocycles. The Morgan fingerprint density at radius 3 is 2.12 bits per heavy atom. The van der Waals surface area contributed by atoms with Gasteiger partial charge >= 0.3 is 0 Å². The van der Waals surface area contributed by atoms with Crippen LogP contribution in [0, 0.1) is 0 Å². The number of likely N-dealkylation sites (N-methyl/N-ethyl adjacent to an activating group) is 2. The van der Waals surface area contributed by atoms with E-state index in [0.717, 1.165) is 6.42 Å². The summed E-state index contributed by atoms with van der Waals surface area (Å²) in [7, 11) is 6.59. The second-order valence-corrected chi connectivity index (χ2v) is 5.91. The average molecular weight is 238 g/mol. The summed E-state index contributed by atoms with van der Waals surface area (Å²) in [5.41, 5.74) is 1.61. The molecule has 0 saturated heterocycles. The highest BCUT2D eigenvalue weighted by Gasteiger charge is 2.39. The number of nitrogens with zero attached hydrogens (tertiary/aromatic N) is 1. The van der Waals surface area contributed by atoms with Crippen LogP contribution in [0.5, 0.6) is 0 Å². The van der Waals surface area contributed by atoms with Gasteiger partial charge in [-0.3, -0.25) is 0 Å². The number of hydrogen-bond donors (Lipinski definition) is 1. The van der Waals surface area contributed by atoms with E-state index in [0.29, 0.717) is 11.6 Å². The maximum atomic E-state index is 4.09. The van der Waals surface area contributed by atoms with E-state index in [9.17, 15) is 0 Å². The lowest BCUT2D eigenvalue weighted by Crippen LogP contribution is -2.58. The molecule has 1 aliphatic rings. The van der Waals surface area contributed by atoms with Gasteiger partial charge in [-0.2, -0.15) is 0 Å². The first-order chi connectivity index (χ1) is 8.03. The van der Waals surface area contributed by atoms with Gasteiger partial charge in [-0.15, -0.1) is 6.58 Å². The van der Waals surface area contributed by atoms with Gasteiger partial charge in [0.15, 0.2) is 0 Å². The summed E-state index contributed by atoms with van der Waals surface area (Å²) in [6, 6.07) is 0.535. The van der Waals surface area contributed by atoms with E-state index in [4.69, 9.17) is 0 Å². The van der Waals surface area contributed by atoms with E-state index in [2.05, 4.69) is 44.9 Å². The van der Waals surface area contributed by atoms with E-state index in [1.165, 1.54) is 44.1 Å². The third-order valence-electron chi connectivity index (χ3n) is 4.41. The van der Waals surface area contributed by atoms with Crippen molar-refractivity contribution in [2.45, 2.75) is 63.5 Å². The molecule has 2 heteroatoms. The van der Waals surface area contributed by atoms with Gasteiger partial charge in [-0.25, -0.2) is 0 Å². The molecule has 0 aromatic heterocycles. The Hall–Kier alpha value is -0.340. The molecule has 1 aliphatic carbocycles. The molecule has 17 heavy (non-hydrogen) atoms. The van der Waals surface area contributed by atoms with Gasteiger partial charge in [0.25, 0.3) is 0 Å². The maximum absolute atomic E-state index is 4.09. The van der Waals surface area contributed by atoms with Crippen molar-refractivity contribution >= 4 is 0 Å². The average Bonchev–Trinajstić information content (AvgIpc) is 2.51. The van der Waals surface area contributed by atoms with E-state index in [-0.39, 0.29) is 0 Å². The molecule has 1 N–H and O–H groups in total. The van der Waals surface area contributed by atoms with Crippen molar-refractivity contribution in [3.8, 4) is 0 Å². The first-order valence-corrected chi connectivity index (χ1v) is 7.02. The zero-order valence-electron chi connectivity index (χ0n) is 12.2. The normalized spacial score (nSPS) is 22.2. The highest BCUT2D eigenvalue weighted by molar-refractivity contribution is 5.05. The van der Waals surface area contributed by atoms with Crippen LogP contribution >= 0.6 is 0 Å². The Morgan fingerprint density at radius 1 is 1.24 bits per heavy atom. The van der Waals surface area contributed by atoms with Crippen LogP contribution in [-0.2, 0) is 0 Å². The highest BCUT2D eigenvalue weighted by Crippen LogP contribution is 2.35. The summed E-state index contributed by atoms with van der Waals surface area (Å²) in [5, 5.41) is 3.55. The van der Waals surface area contributed by atoms with Gasteiger partial charge in [0.05, 0.1) is 0 Å². The van der Waals surface area contributed by atoms with Gasteiger partial charge < -0.3 is 10.2 Å². The minimum Gasteiger partial charge on any atom is -0.315 e. The molecule has 1 atom stereocenters. The molecule has 1 saturated carbocycles. The molecule has 0 aliphatic heterocycles. The van der Waals surface area contributed by atoms with Crippen molar-refractivity contribution < 1.29 is 0 Å². The van der Waals surface area contributed by atoms with Crippen molar-refractivity contribution in [3.63, 3.8) is 0 Å². The maximum Gasteiger partial charge on any atom is 0.0359 e. The Balaban J connectivity index is 2.89. The summed E-state index contributed by atoms with van der Waals surface area (Å²) in [4.78, 5) is 2.46. The largest absolute Gasteiger partial charge is 0.315 e. The number of hydrogen-bond acceptors (Lipinski definition) is 2. The van der Waals surface area contributed by atoms with Crippen molar-refractivity contribution in [2.24, 2.45) is 0 Å². The van der Waals surface area contributed by atoms with Crippen LogP contribution in [0.1, 0.15) is 51.9 Å². The number of rotatable bonds is 5. The molecule has 100 valence electrons. The second-order valence-electron chi connectivity index (χ2n) is 5.91. The van der Waals surface area contributed by atoms with E-state index >= 15 is 0 Å². The van der Waals surface area contributed by atoms with Crippen LogP contribution in [0.4, 0.5) is 0 Å². The lowest BCUT2D eigenvalue weighted by molar-refractivity contribution is 0.0836. The van der Waals surface area contributed by atoms with Crippen LogP contribution < -0.4 is 5.32 Å². The summed E-state index contributed by atoms with van der Waals surface area (Å²) in [6.45, 7) is 6.24. The Labute approximate surface area is 107 Å². The summed E-state index contributed by atoms with van der Waals surface area (Å²) in [5.74, 6) is 0. The quantitative estimate of drug-likeness (QED) is 0.584. The van der Waals surface area contributed by atoms with Gasteiger partial charge in [0.1, 0.15) is 0 Å². The van der Waals surface area contributed by atoms with Crippen LogP contribution in [0.2, 0.25) is 0 Å². The summed E-state index contributed by atoms with van der Waals surface area (Å²) < 4.78 is 0. The lowest BCUT2D eigenvalue weighted by Gasteiger charge is -2.46. The topological polar surface area (TPSA) is 15.3 Å². The zero-order chi connectivity index (χ0) is 12.9. The van der Waals surface area contributed by atoms with Crippen LogP contribution in [-0.4, -0.2) is 37.6 Å². The standard InChI is InChI=1S/C15H30N2/c1-13(2)12-14(16-3)15(17(4)5)10-8-6-7-9-11-15/h14,16H,1,6-12H2,2-5H3. The first-order valence-electron chi connectivity index (χ1n) is 7.02. The molecular formula is C15H30N2. The summed E-state index contributed by atoms with van der Waals surface area (Å²) in [6.07, 6.45) is 9.27. The molecular weight excluding hydrogens is 208 g/mol. The van der Waals surface area contributed by atoms with Crippen LogP contribution in [0.3, 0.4) is 0 Å². The molecule has 0 heterocycles. The minimum atomic E-state index is 0.324. The van der Waals surface area contributed by atoms with E-state index < -0.39 is 0 Å². The second kappa shape index (κ2) is 6.55. The Morgan fingerprint density at radius 2 is 1.76 bits per heavy atom. The van der Waals surface area contributed by atoms with Crippen molar-refractivity contribution in [2.75, 3.05) is 21.1 Å². The molecule has 1 unspecified atom stereocenters. The summed E-state index contributed by atoms with van der Waals surface area (Å²) >= 11 is 0. The van der Waals surface area contributed by atoms with Crippen molar-refractivity contribution in [1.82, 2.24) is 10.2 Å². The first kappa shape index (κ1) is 14.7. The minimum absolute atomic E-state index is 0.324. The fraction of sp³-hybridized carbons (Fsp3) is 0.867. The fourth-order valence-corrected chi connectivity index (χ4v) is 3.36. The predicted molar refractivity (Wildman–Crippen MR) is 76.4 cm³/mol. The third-order valence-corrected chi connectivity index (χ3v) is 4.41. The van der Waals surface area contributed by atoms with Crippen molar-refractivity contribution in [3.05, 3.63) is 12.2 Å². The highest BCUT2D eigenvalue weighted by atomic mass is 15.2. The SMILES string of the molecule is C=C(C)CC(NC)C1(N(C)C)CCCCCC1.